The maximum Gasteiger partial charge on any atom is 0.387 e. The average Bonchev–Trinajstić information content (AvgIpc) is 2.93. The van der Waals surface area contributed by atoms with E-state index < -0.39 is 6.61 Å². The fraction of sp³-hybridized carbons (Fsp3) is 0.200. The minimum atomic E-state index is -2.93. The van der Waals surface area contributed by atoms with E-state index in [0.29, 0.717) is 22.3 Å². The van der Waals surface area contributed by atoms with Gasteiger partial charge in [0, 0.05) is 0 Å². The van der Waals surface area contributed by atoms with Gasteiger partial charge < -0.3 is 15.4 Å². The second kappa shape index (κ2) is 9.59. The van der Waals surface area contributed by atoms with Gasteiger partial charge in [0.05, 0.1) is 39.4 Å². The predicted octanol–water partition coefficient (Wildman–Crippen LogP) is 6.27. The Morgan fingerprint density at radius 1 is 1.13 bits per heavy atom. The SMILES string of the molecule is Cc1nn(Cc2ccc(Cl)c(Cl)c2)c(C)c1NC(=S)Nc1ccccc1OC(F)F. The third-order valence-corrected chi connectivity index (χ3v) is 5.23. The van der Waals surface area contributed by atoms with Crippen LogP contribution >= 0.6 is 35.4 Å². The largest absolute Gasteiger partial charge is 0.433 e. The summed E-state index contributed by atoms with van der Waals surface area (Å²) in [6, 6.07) is 11.7. The van der Waals surface area contributed by atoms with Crippen molar-refractivity contribution in [2.75, 3.05) is 10.6 Å². The Hall–Kier alpha value is -2.42. The molecule has 30 heavy (non-hydrogen) atoms. The maximum absolute atomic E-state index is 12.6. The fourth-order valence-electron chi connectivity index (χ4n) is 2.88. The van der Waals surface area contributed by atoms with Gasteiger partial charge >= 0.3 is 6.61 Å². The van der Waals surface area contributed by atoms with E-state index in [1.165, 1.54) is 6.07 Å². The highest BCUT2D eigenvalue weighted by Gasteiger charge is 2.15. The number of hydrogen-bond donors (Lipinski definition) is 2. The lowest BCUT2D eigenvalue weighted by molar-refractivity contribution is -0.0493. The quantitative estimate of drug-likeness (QED) is 0.416. The molecular formula is C20H18Cl2F2N4OS. The topological polar surface area (TPSA) is 51.1 Å². The first-order chi connectivity index (χ1) is 14.2. The maximum atomic E-state index is 12.6. The van der Waals surface area contributed by atoms with E-state index in [1.54, 1.807) is 30.3 Å². The van der Waals surface area contributed by atoms with E-state index in [-0.39, 0.29) is 10.9 Å². The zero-order chi connectivity index (χ0) is 21.8. The molecule has 0 unspecified atom stereocenters. The Morgan fingerprint density at radius 3 is 2.57 bits per heavy atom. The molecule has 0 radical (unpaired) electrons. The van der Waals surface area contributed by atoms with E-state index in [1.807, 2.05) is 24.6 Å². The summed E-state index contributed by atoms with van der Waals surface area (Å²) >= 11 is 17.4. The molecule has 0 fully saturated rings. The van der Waals surface area contributed by atoms with Crippen LogP contribution in [-0.2, 0) is 6.54 Å². The Kier molecular flexibility index (Phi) is 7.12. The number of para-hydroxylation sites is 2. The number of rotatable bonds is 6. The van der Waals surface area contributed by atoms with Crippen molar-refractivity contribution in [3.05, 3.63) is 69.5 Å². The molecule has 2 aromatic carbocycles. The van der Waals surface area contributed by atoms with E-state index in [4.69, 9.17) is 35.4 Å². The number of halogens is 4. The van der Waals surface area contributed by atoms with Crippen molar-refractivity contribution < 1.29 is 13.5 Å². The number of ether oxygens (including phenoxy) is 1. The molecule has 5 nitrogen and oxygen atoms in total. The average molecular weight is 471 g/mol. The lowest BCUT2D eigenvalue weighted by Crippen LogP contribution is -2.20. The van der Waals surface area contributed by atoms with Gasteiger partial charge in [0.1, 0.15) is 5.75 Å². The number of benzene rings is 2. The van der Waals surface area contributed by atoms with Crippen molar-refractivity contribution in [2.45, 2.75) is 27.0 Å². The van der Waals surface area contributed by atoms with Gasteiger partial charge in [-0.1, -0.05) is 41.4 Å². The van der Waals surface area contributed by atoms with Gasteiger partial charge in [-0.2, -0.15) is 13.9 Å². The molecule has 0 saturated carbocycles. The summed E-state index contributed by atoms with van der Waals surface area (Å²) in [5, 5.41) is 11.7. The summed E-state index contributed by atoms with van der Waals surface area (Å²) < 4.78 is 31.5. The minimum absolute atomic E-state index is 0.000376. The highest BCUT2D eigenvalue weighted by molar-refractivity contribution is 7.80. The Labute approximate surface area is 187 Å². The Morgan fingerprint density at radius 2 is 1.87 bits per heavy atom. The number of nitrogens with one attached hydrogen (secondary N) is 2. The van der Waals surface area contributed by atoms with E-state index >= 15 is 0 Å². The van der Waals surface area contributed by atoms with Gasteiger partial charge in [-0.25, -0.2) is 0 Å². The first-order valence-electron chi connectivity index (χ1n) is 8.84. The van der Waals surface area contributed by atoms with Crippen LogP contribution in [0.1, 0.15) is 17.0 Å². The number of aryl methyl sites for hydroxylation is 1. The summed E-state index contributed by atoms with van der Waals surface area (Å²) in [6.07, 6.45) is 0. The molecule has 3 aromatic rings. The van der Waals surface area contributed by atoms with Gasteiger partial charge in [-0.05, 0) is 55.9 Å². The van der Waals surface area contributed by atoms with E-state index in [9.17, 15) is 8.78 Å². The predicted molar refractivity (Wildman–Crippen MR) is 120 cm³/mol. The molecule has 0 amide bonds. The molecule has 0 aliphatic carbocycles. The number of hydrogen-bond acceptors (Lipinski definition) is 3. The number of nitrogens with zero attached hydrogens (tertiary/aromatic N) is 2. The normalized spacial score (nSPS) is 10.9. The smallest absolute Gasteiger partial charge is 0.387 e. The van der Waals surface area contributed by atoms with E-state index in [0.717, 1.165) is 22.6 Å². The molecule has 1 aromatic heterocycles. The van der Waals surface area contributed by atoms with Crippen molar-refractivity contribution >= 4 is 51.9 Å². The van der Waals surface area contributed by atoms with Crippen molar-refractivity contribution in [3.63, 3.8) is 0 Å². The summed E-state index contributed by atoms with van der Waals surface area (Å²) in [5.41, 5.74) is 3.57. The lowest BCUT2D eigenvalue weighted by Gasteiger charge is -2.14. The molecule has 158 valence electrons. The lowest BCUT2D eigenvalue weighted by atomic mass is 10.2. The monoisotopic (exact) mass is 470 g/mol. The molecule has 0 aliphatic heterocycles. The third kappa shape index (κ3) is 5.38. The van der Waals surface area contributed by atoms with Crippen molar-refractivity contribution in [3.8, 4) is 5.75 Å². The number of aromatic nitrogens is 2. The number of alkyl halides is 2. The molecule has 10 heteroatoms. The van der Waals surface area contributed by atoms with Gasteiger partial charge in [-0.3, -0.25) is 4.68 Å². The molecule has 0 spiro atoms. The van der Waals surface area contributed by atoms with Crippen LogP contribution in [0.25, 0.3) is 0 Å². The zero-order valence-electron chi connectivity index (χ0n) is 16.0. The van der Waals surface area contributed by atoms with Crippen LogP contribution in [0.4, 0.5) is 20.2 Å². The summed E-state index contributed by atoms with van der Waals surface area (Å²) in [4.78, 5) is 0. The second-order valence-electron chi connectivity index (χ2n) is 6.41. The van der Waals surface area contributed by atoms with Crippen molar-refractivity contribution in [1.82, 2.24) is 9.78 Å². The fourth-order valence-corrected chi connectivity index (χ4v) is 3.41. The second-order valence-corrected chi connectivity index (χ2v) is 7.63. The summed E-state index contributed by atoms with van der Waals surface area (Å²) in [5.74, 6) is 0.000376. The van der Waals surface area contributed by atoms with Crippen LogP contribution in [0.15, 0.2) is 42.5 Å². The summed E-state index contributed by atoms with van der Waals surface area (Å²) in [7, 11) is 0. The molecule has 0 aliphatic rings. The molecule has 1 heterocycles. The van der Waals surface area contributed by atoms with Crippen LogP contribution in [0, 0.1) is 13.8 Å². The molecule has 3 rings (SSSR count). The zero-order valence-corrected chi connectivity index (χ0v) is 18.4. The molecular weight excluding hydrogens is 453 g/mol. The van der Waals surface area contributed by atoms with Crippen LogP contribution in [0.3, 0.4) is 0 Å². The van der Waals surface area contributed by atoms with Crippen LogP contribution < -0.4 is 15.4 Å². The summed E-state index contributed by atoms with van der Waals surface area (Å²) in [6.45, 7) is 1.31. The highest BCUT2D eigenvalue weighted by Crippen LogP contribution is 2.27. The van der Waals surface area contributed by atoms with Crippen LogP contribution in [0.2, 0.25) is 10.0 Å². The molecule has 0 saturated heterocycles. The number of anilines is 2. The molecule has 2 N–H and O–H groups in total. The first-order valence-corrected chi connectivity index (χ1v) is 10.0. The van der Waals surface area contributed by atoms with Crippen molar-refractivity contribution in [1.29, 1.82) is 0 Å². The first kappa shape index (κ1) is 22.3. The number of thiocarbonyl (C=S) groups is 1. The van der Waals surface area contributed by atoms with Crippen LogP contribution in [-0.4, -0.2) is 21.5 Å². The Bertz CT molecular complexity index is 1070. The van der Waals surface area contributed by atoms with Gasteiger partial charge in [0.15, 0.2) is 5.11 Å². The van der Waals surface area contributed by atoms with Crippen molar-refractivity contribution in [2.24, 2.45) is 0 Å². The molecule has 0 bridgehead atoms. The molecule has 0 atom stereocenters. The Balaban J connectivity index is 1.74. The van der Waals surface area contributed by atoms with Crippen LogP contribution in [0.5, 0.6) is 5.75 Å². The van der Waals surface area contributed by atoms with Gasteiger partial charge in [0.2, 0.25) is 0 Å². The standard InChI is InChI=1S/C20H18Cl2F2N4OS/c1-11-18(12(2)28(27-11)10-13-7-8-14(21)15(22)9-13)26-20(30)25-16-5-3-4-6-17(16)29-19(23)24/h3-9,19H,10H2,1-2H3,(H2,25,26,30). The van der Waals surface area contributed by atoms with Gasteiger partial charge in [-0.15, -0.1) is 0 Å². The highest BCUT2D eigenvalue weighted by atomic mass is 35.5. The third-order valence-electron chi connectivity index (χ3n) is 4.29. The van der Waals surface area contributed by atoms with E-state index in [2.05, 4.69) is 20.5 Å². The van der Waals surface area contributed by atoms with Gasteiger partial charge in [0.25, 0.3) is 0 Å². The minimum Gasteiger partial charge on any atom is -0.433 e.